The van der Waals surface area contributed by atoms with E-state index in [1.54, 1.807) is 17.3 Å². The third-order valence-electron chi connectivity index (χ3n) is 4.92. The van der Waals surface area contributed by atoms with Crippen molar-refractivity contribution in [3.63, 3.8) is 0 Å². The number of rotatable bonds is 5. The third kappa shape index (κ3) is 4.86. The molecule has 3 rings (SSSR count). The van der Waals surface area contributed by atoms with Crippen LogP contribution in [0, 0.1) is 0 Å². The van der Waals surface area contributed by atoms with Crippen LogP contribution < -0.4 is 0 Å². The molecule has 152 valence electrons. The Morgan fingerprint density at radius 2 is 2.00 bits per heavy atom. The van der Waals surface area contributed by atoms with Crippen LogP contribution in [-0.4, -0.2) is 62.3 Å². The van der Waals surface area contributed by atoms with Crippen LogP contribution in [0.15, 0.2) is 35.4 Å². The average Bonchev–Trinajstić information content (AvgIpc) is 3.19. The summed E-state index contributed by atoms with van der Waals surface area (Å²) >= 11 is 0. The average molecular weight is 387 g/mol. The van der Waals surface area contributed by atoms with Crippen molar-refractivity contribution in [2.45, 2.75) is 58.2 Å². The van der Waals surface area contributed by atoms with Gasteiger partial charge in [0, 0.05) is 31.5 Å². The third-order valence-corrected chi connectivity index (χ3v) is 4.92. The molecule has 0 bridgehead atoms. The SMILES string of the molecule is CCN(C1CCN(C(=O)OC(C)(C)C)CC1)C(c1ccncc1)c1ncno1. The lowest BCUT2D eigenvalue weighted by molar-refractivity contribution is 0.0115. The Morgan fingerprint density at radius 1 is 1.32 bits per heavy atom. The summed E-state index contributed by atoms with van der Waals surface area (Å²) in [5.74, 6) is 0.572. The number of aromatic nitrogens is 3. The minimum Gasteiger partial charge on any atom is -0.444 e. The Kier molecular flexibility index (Phi) is 6.28. The van der Waals surface area contributed by atoms with E-state index in [1.165, 1.54) is 6.33 Å². The van der Waals surface area contributed by atoms with E-state index in [0.29, 0.717) is 25.0 Å². The van der Waals surface area contributed by atoms with Crippen molar-refractivity contribution in [2.24, 2.45) is 0 Å². The first-order valence-electron chi connectivity index (χ1n) is 9.79. The second kappa shape index (κ2) is 8.68. The summed E-state index contributed by atoms with van der Waals surface area (Å²) in [7, 11) is 0. The molecule has 28 heavy (non-hydrogen) atoms. The van der Waals surface area contributed by atoms with Gasteiger partial charge in [-0.05, 0) is 57.9 Å². The molecule has 2 aromatic rings. The maximum atomic E-state index is 12.4. The number of amides is 1. The van der Waals surface area contributed by atoms with Crippen molar-refractivity contribution in [3.8, 4) is 0 Å². The summed E-state index contributed by atoms with van der Waals surface area (Å²) in [6.07, 6.45) is 6.47. The molecule has 1 unspecified atom stereocenters. The number of nitrogens with zero attached hydrogens (tertiary/aromatic N) is 5. The standard InChI is InChI=1S/C20H29N5O3/c1-5-25(16-8-12-24(13-9-16)19(26)27-20(2,3)4)17(18-22-14-23-28-18)15-6-10-21-11-7-15/h6-7,10-11,14,16-17H,5,8-9,12-13H2,1-4H3. The highest BCUT2D eigenvalue weighted by atomic mass is 16.6. The zero-order chi connectivity index (χ0) is 20.1. The van der Waals surface area contributed by atoms with Crippen LogP contribution in [0.3, 0.4) is 0 Å². The summed E-state index contributed by atoms with van der Waals surface area (Å²) in [5, 5.41) is 3.80. The van der Waals surface area contributed by atoms with Crippen LogP contribution in [0.5, 0.6) is 0 Å². The maximum absolute atomic E-state index is 12.4. The Morgan fingerprint density at radius 3 is 2.54 bits per heavy atom. The van der Waals surface area contributed by atoms with Gasteiger partial charge in [-0.3, -0.25) is 9.88 Å². The van der Waals surface area contributed by atoms with E-state index >= 15 is 0 Å². The highest BCUT2D eigenvalue weighted by Crippen LogP contribution is 2.32. The fourth-order valence-corrected chi connectivity index (χ4v) is 3.68. The van der Waals surface area contributed by atoms with E-state index in [9.17, 15) is 4.79 Å². The molecule has 0 aliphatic carbocycles. The van der Waals surface area contributed by atoms with E-state index in [0.717, 1.165) is 24.9 Å². The quantitative estimate of drug-likeness (QED) is 0.778. The molecule has 1 saturated heterocycles. The molecule has 1 aliphatic rings. The predicted molar refractivity (Wildman–Crippen MR) is 104 cm³/mol. The molecule has 1 fully saturated rings. The van der Waals surface area contributed by atoms with E-state index in [2.05, 4.69) is 26.9 Å². The number of carbonyl (C=O) groups is 1. The van der Waals surface area contributed by atoms with Crippen molar-refractivity contribution in [3.05, 3.63) is 42.3 Å². The smallest absolute Gasteiger partial charge is 0.410 e. The minimum atomic E-state index is -0.478. The highest BCUT2D eigenvalue weighted by Gasteiger charge is 2.35. The Hall–Kier alpha value is -2.48. The van der Waals surface area contributed by atoms with Gasteiger partial charge in [0.25, 0.3) is 0 Å². The van der Waals surface area contributed by atoms with Gasteiger partial charge in [-0.2, -0.15) is 4.98 Å². The predicted octanol–water partition coefficient (Wildman–Crippen LogP) is 3.28. The number of piperidine rings is 1. The topological polar surface area (TPSA) is 84.6 Å². The molecule has 1 amide bonds. The molecular weight excluding hydrogens is 358 g/mol. The van der Waals surface area contributed by atoms with Gasteiger partial charge >= 0.3 is 6.09 Å². The lowest BCUT2D eigenvalue weighted by atomic mass is 9.98. The van der Waals surface area contributed by atoms with Crippen LogP contribution in [0.2, 0.25) is 0 Å². The van der Waals surface area contributed by atoms with Crippen molar-refractivity contribution in [1.82, 2.24) is 24.9 Å². The van der Waals surface area contributed by atoms with Crippen LogP contribution in [0.1, 0.15) is 58.0 Å². The number of ether oxygens (including phenoxy) is 1. The normalized spacial score (nSPS) is 17.0. The van der Waals surface area contributed by atoms with E-state index in [-0.39, 0.29) is 12.1 Å². The molecule has 0 radical (unpaired) electrons. The van der Waals surface area contributed by atoms with Gasteiger partial charge < -0.3 is 14.2 Å². The first kappa shape index (κ1) is 20.3. The molecule has 1 aliphatic heterocycles. The van der Waals surface area contributed by atoms with Crippen LogP contribution >= 0.6 is 0 Å². The zero-order valence-corrected chi connectivity index (χ0v) is 17.0. The Labute approximate surface area is 165 Å². The largest absolute Gasteiger partial charge is 0.444 e. The molecule has 0 aromatic carbocycles. The fourth-order valence-electron chi connectivity index (χ4n) is 3.68. The molecule has 0 spiro atoms. The van der Waals surface area contributed by atoms with Gasteiger partial charge in [0.15, 0.2) is 6.33 Å². The fraction of sp³-hybridized carbons (Fsp3) is 0.600. The summed E-state index contributed by atoms with van der Waals surface area (Å²) in [6, 6.07) is 4.13. The summed E-state index contributed by atoms with van der Waals surface area (Å²) < 4.78 is 10.9. The Balaban J connectivity index is 1.73. The lowest BCUT2D eigenvalue weighted by Crippen LogP contribution is -2.49. The van der Waals surface area contributed by atoms with E-state index in [4.69, 9.17) is 9.26 Å². The molecular formula is C20H29N5O3. The van der Waals surface area contributed by atoms with Crippen molar-refractivity contribution < 1.29 is 14.1 Å². The van der Waals surface area contributed by atoms with Crippen molar-refractivity contribution in [1.29, 1.82) is 0 Å². The second-order valence-electron chi connectivity index (χ2n) is 7.99. The van der Waals surface area contributed by atoms with Crippen molar-refractivity contribution >= 4 is 6.09 Å². The number of hydrogen-bond acceptors (Lipinski definition) is 7. The molecule has 2 aromatic heterocycles. The lowest BCUT2D eigenvalue weighted by Gasteiger charge is -2.41. The highest BCUT2D eigenvalue weighted by molar-refractivity contribution is 5.68. The van der Waals surface area contributed by atoms with Crippen molar-refractivity contribution in [2.75, 3.05) is 19.6 Å². The van der Waals surface area contributed by atoms with Crippen LogP contribution in [-0.2, 0) is 4.74 Å². The zero-order valence-electron chi connectivity index (χ0n) is 17.0. The van der Waals surface area contributed by atoms with Gasteiger partial charge in [-0.15, -0.1) is 0 Å². The van der Waals surface area contributed by atoms with Crippen LogP contribution in [0.4, 0.5) is 4.79 Å². The molecule has 0 saturated carbocycles. The summed E-state index contributed by atoms with van der Waals surface area (Å²) in [5.41, 5.74) is 0.587. The number of carbonyl (C=O) groups excluding carboxylic acids is 1. The maximum Gasteiger partial charge on any atom is 0.410 e. The van der Waals surface area contributed by atoms with Gasteiger partial charge in [-0.1, -0.05) is 12.1 Å². The number of hydrogen-bond donors (Lipinski definition) is 0. The number of likely N-dealkylation sites (tertiary alicyclic amines) is 1. The Bertz CT molecular complexity index is 737. The number of pyridine rings is 1. The molecule has 8 heteroatoms. The van der Waals surface area contributed by atoms with Gasteiger partial charge in [0.1, 0.15) is 11.6 Å². The van der Waals surface area contributed by atoms with Gasteiger partial charge in [0.2, 0.25) is 5.89 Å². The monoisotopic (exact) mass is 387 g/mol. The molecule has 1 atom stereocenters. The second-order valence-corrected chi connectivity index (χ2v) is 7.99. The van der Waals surface area contributed by atoms with E-state index < -0.39 is 5.60 Å². The van der Waals surface area contributed by atoms with Gasteiger partial charge in [-0.25, -0.2) is 4.79 Å². The summed E-state index contributed by atoms with van der Waals surface area (Å²) in [4.78, 5) is 25.0. The summed E-state index contributed by atoms with van der Waals surface area (Å²) in [6.45, 7) is 9.96. The van der Waals surface area contributed by atoms with Crippen LogP contribution in [0.25, 0.3) is 0 Å². The van der Waals surface area contributed by atoms with Gasteiger partial charge in [0.05, 0.1) is 0 Å². The molecule has 3 heterocycles. The first-order valence-corrected chi connectivity index (χ1v) is 9.79. The van der Waals surface area contributed by atoms with E-state index in [1.807, 2.05) is 32.9 Å². The molecule has 8 nitrogen and oxygen atoms in total. The minimum absolute atomic E-state index is 0.131. The first-order chi connectivity index (χ1) is 13.4. The molecule has 0 N–H and O–H groups in total.